The van der Waals surface area contributed by atoms with Gasteiger partial charge in [-0.05, 0) is 38.0 Å². The van der Waals surface area contributed by atoms with E-state index in [2.05, 4.69) is 5.48 Å². The second-order valence-electron chi connectivity index (χ2n) is 6.82. The third-order valence-electron chi connectivity index (χ3n) is 4.75. The van der Waals surface area contributed by atoms with Crippen molar-refractivity contribution in [2.75, 3.05) is 12.9 Å². The molecule has 2 aliphatic rings. The zero-order valence-corrected chi connectivity index (χ0v) is 16.3. The zero-order valence-electron chi connectivity index (χ0n) is 15.5. The van der Waals surface area contributed by atoms with E-state index < -0.39 is 49.4 Å². The molecule has 0 amide bonds. The Morgan fingerprint density at radius 3 is 2.48 bits per heavy atom. The third kappa shape index (κ3) is 3.76. The van der Waals surface area contributed by atoms with Crippen LogP contribution >= 0.6 is 0 Å². The molecule has 0 saturated heterocycles. The number of hydrogen-bond acceptors (Lipinski definition) is 7. The molecular formula is C18H18F3NO6S. The van der Waals surface area contributed by atoms with E-state index in [0.29, 0.717) is 31.2 Å². The second-order valence-corrected chi connectivity index (χ2v) is 8.80. The minimum atomic E-state index is -4.79. The molecule has 1 aromatic carbocycles. The van der Waals surface area contributed by atoms with E-state index in [0.717, 1.165) is 12.3 Å². The number of rotatable bonds is 6. The predicted molar refractivity (Wildman–Crippen MR) is 93.3 cm³/mol. The zero-order chi connectivity index (χ0) is 21.6. The quantitative estimate of drug-likeness (QED) is 0.543. The molecule has 0 aromatic heterocycles. The lowest BCUT2D eigenvalue weighted by Crippen LogP contribution is -2.47. The first-order valence-corrected chi connectivity index (χ1v) is 10.6. The van der Waals surface area contributed by atoms with Crippen molar-refractivity contribution in [2.45, 2.75) is 36.4 Å². The first kappa shape index (κ1) is 21.3. The molecule has 1 atom stereocenters. The summed E-state index contributed by atoms with van der Waals surface area (Å²) in [6.45, 7) is 1.59. The van der Waals surface area contributed by atoms with Gasteiger partial charge in [-0.1, -0.05) is 0 Å². The molecule has 0 bridgehead atoms. The number of hydroxylamine groups is 1. The van der Waals surface area contributed by atoms with Crippen molar-refractivity contribution in [1.29, 1.82) is 0 Å². The maximum Gasteiger partial charge on any atom is 0.416 e. The minimum Gasteiger partial charge on any atom is -0.464 e. The molecule has 1 fully saturated rings. The highest BCUT2D eigenvalue weighted by atomic mass is 32.2. The van der Waals surface area contributed by atoms with Gasteiger partial charge in [0, 0.05) is 23.9 Å². The number of sulfone groups is 1. The van der Waals surface area contributed by atoms with E-state index in [1.165, 1.54) is 0 Å². The Morgan fingerprint density at radius 2 is 1.97 bits per heavy atom. The summed E-state index contributed by atoms with van der Waals surface area (Å²) < 4.78 is 68.4. The summed E-state index contributed by atoms with van der Waals surface area (Å²) in [5, 5.41) is 0. The van der Waals surface area contributed by atoms with E-state index in [1.54, 1.807) is 6.92 Å². The molecule has 11 heteroatoms. The molecule has 1 unspecified atom stereocenters. The van der Waals surface area contributed by atoms with E-state index in [9.17, 15) is 31.2 Å². The van der Waals surface area contributed by atoms with Crippen LogP contribution in [0.25, 0.3) is 0 Å². The number of benzene rings is 1. The number of carbonyl (C=O) groups is 2. The average molecular weight is 433 g/mol. The van der Waals surface area contributed by atoms with Crippen molar-refractivity contribution in [3.05, 3.63) is 41.1 Å². The Bertz CT molecular complexity index is 997. The van der Waals surface area contributed by atoms with Gasteiger partial charge in [0.2, 0.25) is 5.60 Å². The molecular weight excluding hydrogens is 415 g/mol. The Kier molecular flexibility index (Phi) is 5.24. The Hall–Kier alpha value is -2.40. The maximum atomic E-state index is 13.2. The van der Waals surface area contributed by atoms with Gasteiger partial charge in [0.05, 0.1) is 22.6 Å². The van der Waals surface area contributed by atoms with Gasteiger partial charge in [-0.2, -0.15) is 13.2 Å². The fourth-order valence-electron chi connectivity index (χ4n) is 3.27. The van der Waals surface area contributed by atoms with Crippen LogP contribution in [-0.2, 0) is 30.4 Å². The van der Waals surface area contributed by atoms with Crippen molar-refractivity contribution >= 4 is 21.6 Å². The van der Waals surface area contributed by atoms with Crippen LogP contribution in [0.3, 0.4) is 0 Å². The molecule has 29 heavy (non-hydrogen) atoms. The molecule has 1 aliphatic carbocycles. The first-order valence-electron chi connectivity index (χ1n) is 8.70. The molecule has 1 N–H and O–H groups in total. The Balaban J connectivity index is 2.11. The van der Waals surface area contributed by atoms with Gasteiger partial charge in [0.25, 0.3) is 0 Å². The number of alkyl halides is 3. The summed E-state index contributed by atoms with van der Waals surface area (Å²) in [5.41, 5.74) is -1.31. The third-order valence-corrected chi connectivity index (χ3v) is 5.89. The largest absolute Gasteiger partial charge is 0.464 e. The van der Waals surface area contributed by atoms with Gasteiger partial charge in [-0.25, -0.2) is 13.2 Å². The molecule has 1 aromatic rings. The van der Waals surface area contributed by atoms with Gasteiger partial charge < -0.3 is 4.74 Å². The Labute approximate surface area is 164 Å². The number of ether oxygens (including phenoxy) is 1. The van der Waals surface area contributed by atoms with Crippen LogP contribution in [0.2, 0.25) is 0 Å². The molecule has 0 radical (unpaired) electrons. The summed E-state index contributed by atoms with van der Waals surface area (Å²) in [5.74, 6) is -2.12. The number of carbonyl (C=O) groups excluding carboxylic acids is 2. The summed E-state index contributed by atoms with van der Waals surface area (Å²) in [7, 11) is -4.19. The van der Waals surface area contributed by atoms with Crippen molar-refractivity contribution < 1.29 is 40.8 Å². The number of ketones is 1. The van der Waals surface area contributed by atoms with Crippen LogP contribution in [0.1, 0.15) is 35.7 Å². The van der Waals surface area contributed by atoms with E-state index >= 15 is 0 Å². The van der Waals surface area contributed by atoms with Crippen LogP contribution in [-0.4, -0.2) is 38.6 Å². The lowest BCUT2D eigenvalue weighted by Gasteiger charge is -2.27. The topological polar surface area (TPSA) is 98.8 Å². The van der Waals surface area contributed by atoms with E-state index in [-0.39, 0.29) is 18.1 Å². The van der Waals surface area contributed by atoms with Crippen LogP contribution in [0, 0.1) is 5.92 Å². The molecule has 7 nitrogen and oxygen atoms in total. The van der Waals surface area contributed by atoms with Crippen LogP contribution in [0.5, 0.6) is 0 Å². The fraction of sp³-hybridized carbons (Fsp3) is 0.444. The standard InChI is InChI=1S/C18H18F3NO6S/c1-3-27-16(24)17(10-4-5-10)13(9-22-28-17)15(23)12-7-6-11(18(19,20)21)8-14(12)29(2,25)26/h6-10,22H,3-5H2,1-2H3. The van der Waals surface area contributed by atoms with Gasteiger partial charge in [0.1, 0.15) is 0 Å². The number of hydrogen-bond donors (Lipinski definition) is 1. The fourth-order valence-corrected chi connectivity index (χ4v) is 4.17. The van der Waals surface area contributed by atoms with Crippen molar-refractivity contribution in [2.24, 2.45) is 5.92 Å². The van der Waals surface area contributed by atoms with Crippen molar-refractivity contribution in [3.63, 3.8) is 0 Å². The molecule has 158 valence electrons. The van der Waals surface area contributed by atoms with E-state index in [1.807, 2.05) is 0 Å². The highest BCUT2D eigenvalue weighted by molar-refractivity contribution is 7.90. The van der Waals surface area contributed by atoms with Gasteiger partial charge in [0.15, 0.2) is 15.6 Å². The highest BCUT2D eigenvalue weighted by Crippen LogP contribution is 2.49. The summed E-state index contributed by atoms with van der Waals surface area (Å²) in [6.07, 6.45) is -1.84. The van der Waals surface area contributed by atoms with Gasteiger partial charge in [-0.3, -0.25) is 15.1 Å². The average Bonchev–Trinajstić information content (AvgIpc) is 3.38. The second kappa shape index (κ2) is 7.13. The normalized spacial score (nSPS) is 22.0. The van der Waals surface area contributed by atoms with Crippen molar-refractivity contribution in [1.82, 2.24) is 5.48 Å². The van der Waals surface area contributed by atoms with Gasteiger partial charge in [-0.15, -0.1) is 0 Å². The lowest BCUT2D eigenvalue weighted by atomic mass is 9.84. The Morgan fingerprint density at radius 1 is 1.31 bits per heavy atom. The number of halogens is 3. The molecule has 1 heterocycles. The summed E-state index contributed by atoms with van der Waals surface area (Å²) >= 11 is 0. The number of nitrogens with one attached hydrogen (secondary N) is 1. The summed E-state index contributed by atoms with van der Waals surface area (Å²) in [4.78, 5) is 30.4. The molecule has 1 saturated carbocycles. The van der Waals surface area contributed by atoms with Gasteiger partial charge >= 0.3 is 12.1 Å². The minimum absolute atomic E-state index is 0.0208. The smallest absolute Gasteiger partial charge is 0.416 e. The monoisotopic (exact) mass is 433 g/mol. The molecule has 0 spiro atoms. The lowest BCUT2D eigenvalue weighted by molar-refractivity contribution is -0.172. The molecule has 3 rings (SSSR count). The SMILES string of the molecule is CCOC(=O)C1(C2CC2)ONC=C1C(=O)c1ccc(C(F)(F)F)cc1S(C)(=O)=O. The van der Waals surface area contributed by atoms with Crippen LogP contribution < -0.4 is 5.48 Å². The first-order chi connectivity index (χ1) is 13.4. The number of Topliss-reactive ketones (excluding diaryl/α,β-unsaturated/α-hetero) is 1. The molecule has 1 aliphatic heterocycles. The van der Waals surface area contributed by atoms with E-state index in [4.69, 9.17) is 9.57 Å². The highest BCUT2D eigenvalue weighted by Gasteiger charge is 2.61. The van der Waals surface area contributed by atoms with Crippen LogP contribution in [0.15, 0.2) is 34.9 Å². The maximum absolute atomic E-state index is 13.2. The summed E-state index contributed by atoms with van der Waals surface area (Å²) in [6, 6.07) is 1.83. The predicted octanol–water partition coefficient (Wildman–Crippen LogP) is 2.42. The van der Waals surface area contributed by atoms with Crippen molar-refractivity contribution in [3.8, 4) is 0 Å². The number of esters is 1. The van der Waals surface area contributed by atoms with Crippen LogP contribution in [0.4, 0.5) is 13.2 Å².